The maximum Gasteiger partial charge on any atom is 0.219 e. The van der Waals surface area contributed by atoms with E-state index >= 15 is 0 Å². The number of aromatic nitrogens is 4. The second kappa shape index (κ2) is 11.8. The Kier molecular flexibility index (Phi) is 8.15. The Labute approximate surface area is 288 Å². The van der Waals surface area contributed by atoms with Crippen LogP contribution in [0.1, 0.15) is 11.1 Å². The summed E-state index contributed by atoms with van der Waals surface area (Å²) >= 11 is 1.69. The lowest BCUT2D eigenvalue weighted by Crippen LogP contribution is -2.37. The van der Waals surface area contributed by atoms with E-state index in [1.807, 2.05) is 0 Å². The molecule has 0 atom stereocenters. The van der Waals surface area contributed by atoms with E-state index in [0.29, 0.717) is 0 Å². The van der Waals surface area contributed by atoms with E-state index in [1.54, 1.807) is 11.3 Å². The van der Waals surface area contributed by atoms with Crippen LogP contribution < -0.4 is 10.4 Å². The number of nitrogens with zero attached hydrogens (tertiary/aromatic N) is 4. The number of rotatable bonds is 8. The van der Waals surface area contributed by atoms with Crippen LogP contribution in [0.4, 0.5) is 0 Å². The minimum absolute atomic E-state index is 0.380. The van der Waals surface area contributed by atoms with E-state index in [2.05, 4.69) is 147 Å². The SMILES string of the molecule is C[Si](C)Cc1ccc2c(c1)c1cc([Si](C)(C)C)ccc1n2-c1nnc(-n2c3ccc(C[Si](C)C)cc3c3cc([Si](C)(C)C)ccc32)s1. The van der Waals surface area contributed by atoms with Gasteiger partial charge in [-0.15, -0.1) is 10.2 Å². The molecule has 0 fully saturated rings. The Balaban J connectivity index is 1.45. The summed E-state index contributed by atoms with van der Waals surface area (Å²) in [5.41, 5.74) is 7.72. The predicted octanol–water partition coefficient (Wildman–Crippen LogP) is 9.49. The van der Waals surface area contributed by atoms with E-state index in [9.17, 15) is 0 Å². The van der Waals surface area contributed by atoms with Crippen molar-refractivity contribution in [2.24, 2.45) is 0 Å². The molecule has 4 nitrogen and oxygen atoms in total. The normalized spacial score (nSPS) is 13.0. The molecule has 3 aromatic heterocycles. The summed E-state index contributed by atoms with van der Waals surface area (Å²) in [4.78, 5) is 0. The van der Waals surface area contributed by atoms with Crippen LogP contribution in [-0.4, -0.2) is 53.1 Å². The largest absolute Gasteiger partial charge is 0.284 e. The first-order valence-corrected chi connectivity index (χ1v) is 30.0. The van der Waals surface area contributed by atoms with Gasteiger partial charge in [0, 0.05) is 39.1 Å². The summed E-state index contributed by atoms with van der Waals surface area (Å²) in [7, 11) is -3.74. The van der Waals surface area contributed by atoms with Gasteiger partial charge in [-0.05, 0) is 48.5 Å². The Morgan fingerprint density at radius 1 is 0.511 bits per heavy atom. The van der Waals surface area contributed by atoms with Crippen LogP contribution in [0, 0.1) is 0 Å². The highest BCUT2D eigenvalue weighted by Crippen LogP contribution is 2.37. The van der Waals surface area contributed by atoms with Crippen LogP contribution in [0.25, 0.3) is 53.9 Å². The highest BCUT2D eigenvalue weighted by molar-refractivity contribution is 7.16. The van der Waals surface area contributed by atoms with Gasteiger partial charge in [-0.25, -0.2) is 0 Å². The second-order valence-corrected chi connectivity index (χ2v) is 32.6. The van der Waals surface area contributed by atoms with Gasteiger partial charge in [0.05, 0.1) is 38.2 Å². The fourth-order valence-electron chi connectivity index (χ4n) is 6.91. The summed E-state index contributed by atoms with van der Waals surface area (Å²) < 4.78 is 4.71. The summed E-state index contributed by atoms with van der Waals surface area (Å²) in [5.74, 6) is 0. The van der Waals surface area contributed by atoms with Gasteiger partial charge in [-0.1, -0.05) is 135 Å². The molecular weight excluding hydrogens is 657 g/mol. The van der Waals surface area contributed by atoms with Crippen molar-refractivity contribution in [1.29, 1.82) is 0 Å². The van der Waals surface area contributed by atoms with Crippen molar-refractivity contribution in [3.8, 4) is 10.3 Å². The third-order valence-corrected chi connectivity index (χ3v) is 16.5. The van der Waals surface area contributed by atoms with Gasteiger partial charge in [0.25, 0.3) is 0 Å². The van der Waals surface area contributed by atoms with Crippen LogP contribution >= 0.6 is 11.3 Å². The average Bonchev–Trinajstić information content (AvgIpc) is 3.67. The zero-order chi connectivity index (χ0) is 33.4. The molecule has 9 heteroatoms. The Morgan fingerprint density at radius 2 is 0.851 bits per heavy atom. The molecule has 0 aliphatic rings. The maximum absolute atomic E-state index is 4.92. The van der Waals surface area contributed by atoms with E-state index < -0.39 is 16.1 Å². The van der Waals surface area contributed by atoms with Crippen molar-refractivity contribution >= 4 is 99.1 Å². The van der Waals surface area contributed by atoms with Crippen molar-refractivity contribution < 1.29 is 0 Å². The van der Waals surface area contributed by atoms with E-state index in [1.165, 1.54) is 77.2 Å². The molecule has 0 unspecified atom stereocenters. The quantitative estimate of drug-likeness (QED) is 0.148. The predicted molar refractivity (Wildman–Crippen MR) is 217 cm³/mol. The summed E-state index contributed by atoms with van der Waals surface area (Å²) in [5, 5.41) is 20.0. The minimum Gasteiger partial charge on any atom is -0.284 e. The monoisotopic (exact) mass is 702 g/mol. The van der Waals surface area contributed by atoms with Crippen molar-refractivity contribution in [3.63, 3.8) is 0 Å². The Morgan fingerprint density at radius 3 is 1.19 bits per heavy atom. The molecule has 0 bridgehead atoms. The fourth-order valence-corrected chi connectivity index (χ4v) is 12.2. The smallest absolute Gasteiger partial charge is 0.219 e. The molecule has 0 saturated carbocycles. The Hall–Kier alpha value is -3.09. The van der Waals surface area contributed by atoms with Crippen molar-refractivity contribution in [3.05, 3.63) is 83.9 Å². The molecule has 47 heavy (non-hydrogen) atoms. The fraction of sp³-hybridized carbons (Fsp3) is 0.316. The third kappa shape index (κ3) is 5.94. The summed E-state index contributed by atoms with van der Waals surface area (Å²) in [6.45, 7) is 24.2. The lowest BCUT2D eigenvalue weighted by atomic mass is 10.1. The van der Waals surface area contributed by atoms with Crippen molar-refractivity contribution in [1.82, 2.24) is 19.3 Å². The molecule has 0 aliphatic heterocycles. The molecule has 240 valence electrons. The molecule has 0 N–H and O–H groups in total. The maximum atomic E-state index is 4.92. The number of fused-ring (bicyclic) bond motifs is 6. The molecule has 7 aromatic rings. The molecule has 3 heterocycles. The Bertz CT molecular complexity index is 2140. The highest BCUT2D eigenvalue weighted by Gasteiger charge is 2.24. The lowest BCUT2D eigenvalue weighted by molar-refractivity contribution is 0.975. The zero-order valence-electron chi connectivity index (χ0n) is 29.5. The number of hydrogen-bond donors (Lipinski definition) is 0. The summed E-state index contributed by atoms with van der Waals surface area (Å²) in [6.07, 6.45) is 0. The van der Waals surface area contributed by atoms with E-state index in [-0.39, 0.29) is 17.6 Å². The van der Waals surface area contributed by atoms with Crippen LogP contribution in [0.3, 0.4) is 0 Å². The van der Waals surface area contributed by atoms with Gasteiger partial charge in [0.2, 0.25) is 10.3 Å². The van der Waals surface area contributed by atoms with Gasteiger partial charge >= 0.3 is 0 Å². The molecule has 0 aliphatic carbocycles. The van der Waals surface area contributed by atoms with Gasteiger partial charge in [0.15, 0.2) is 0 Å². The van der Waals surface area contributed by atoms with Gasteiger partial charge in [-0.2, -0.15) is 0 Å². The first kappa shape index (κ1) is 32.5. The molecule has 4 aromatic carbocycles. The van der Waals surface area contributed by atoms with Gasteiger partial charge in [-0.3, -0.25) is 9.13 Å². The number of benzene rings is 4. The van der Waals surface area contributed by atoms with Crippen LogP contribution in [0.2, 0.25) is 65.5 Å². The second-order valence-electron chi connectivity index (χ2n) is 16.0. The van der Waals surface area contributed by atoms with Crippen molar-refractivity contribution in [2.75, 3.05) is 0 Å². The van der Waals surface area contributed by atoms with E-state index in [0.717, 1.165) is 10.3 Å². The topological polar surface area (TPSA) is 35.6 Å². The third-order valence-electron chi connectivity index (χ3n) is 9.29. The summed E-state index contributed by atoms with van der Waals surface area (Å²) in [6, 6.07) is 30.9. The highest BCUT2D eigenvalue weighted by atomic mass is 32.1. The minimum atomic E-state index is -1.49. The number of hydrogen-bond acceptors (Lipinski definition) is 3. The van der Waals surface area contributed by atoms with Crippen molar-refractivity contribution in [2.45, 2.75) is 77.6 Å². The van der Waals surface area contributed by atoms with Gasteiger partial charge < -0.3 is 0 Å². The van der Waals surface area contributed by atoms with E-state index in [4.69, 9.17) is 10.2 Å². The molecular formula is C38H46N4SSi4. The molecule has 0 amide bonds. The lowest BCUT2D eigenvalue weighted by Gasteiger charge is -2.16. The zero-order valence-corrected chi connectivity index (χ0v) is 34.4. The molecule has 7 rings (SSSR count). The van der Waals surface area contributed by atoms with Crippen LogP contribution in [0.15, 0.2) is 72.8 Å². The molecule has 2 radical (unpaired) electrons. The molecule has 0 spiro atoms. The van der Waals surface area contributed by atoms with Crippen LogP contribution in [-0.2, 0) is 12.1 Å². The average molecular weight is 703 g/mol. The van der Waals surface area contributed by atoms with Crippen LogP contribution in [0.5, 0.6) is 0 Å². The molecule has 0 saturated heterocycles. The first-order chi connectivity index (χ1) is 22.2. The standard InChI is InChI=1S/C38H46N4SSi4/c1-44(2)23-25-11-15-33-29(19-25)31-21-27(46(5,6)7)13-17-35(31)41(33)37-39-40-38(43-37)42-34-16-12-26(24-45(3)4)20-30(34)32-22-28(47(8,9)10)14-18-36(32)42/h11-22H,23-24H2,1-10H3. The van der Waals surface area contributed by atoms with Gasteiger partial charge in [0.1, 0.15) is 0 Å². The first-order valence-electron chi connectivity index (χ1n) is 16.8.